The number of hydrogen-bond donors (Lipinski definition) is 2. The average molecular weight is 578 g/mol. The van der Waals surface area contributed by atoms with Crippen LogP contribution in [0.2, 0.25) is 0 Å². The minimum Gasteiger partial charge on any atom is -0.497 e. The Kier molecular flexibility index (Phi) is 8.05. The van der Waals surface area contributed by atoms with Gasteiger partial charge in [-0.1, -0.05) is 36.4 Å². The van der Waals surface area contributed by atoms with Crippen LogP contribution in [0.4, 0.5) is 5.82 Å². The van der Waals surface area contributed by atoms with Crippen molar-refractivity contribution in [3.63, 3.8) is 0 Å². The number of rotatable bonds is 11. The first-order valence-corrected chi connectivity index (χ1v) is 14.0. The lowest BCUT2D eigenvalue weighted by molar-refractivity contribution is 0.281. The van der Waals surface area contributed by atoms with Crippen LogP contribution in [0.5, 0.6) is 11.6 Å². The Labute approximate surface area is 248 Å². The lowest BCUT2D eigenvalue weighted by Crippen LogP contribution is -2.22. The maximum Gasteiger partial charge on any atom is 0.267 e. The maximum atomic E-state index is 12.5. The van der Waals surface area contributed by atoms with Gasteiger partial charge < -0.3 is 19.9 Å². The molecule has 0 aliphatic heterocycles. The number of nitrogens with one attached hydrogen (secondary N) is 1. The highest BCUT2D eigenvalue weighted by Gasteiger charge is 2.31. The van der Waals surface area contributed by atoms with Crippen LogP contribution in [-0.2, 0) is 19.7 Å². The molecule has 0 bridgehead atoms. The van der Waals surface area contributed by atoms with Gasteiger partial charge in [0.1, 0.15) is 23.5 Å². The molecule has 43 heavy (non-hydrogen) atoms. The lowest BCUT2D eigenvalue weighted by Gasteiger charge is -2.14. The quantitative estimate of drug-likeness (QED) is 0.235. The Morgan fingerprint density at radius 1 is 0.930 bits per heavy atom. The molecule has 0 spiro atoms. The van der Waals surface area contributed by atoms with E-state index in [2.05, 4.69) is 25.4 Å². The van der Waals surface area contributed by atoms with Gasteiger partial charge in [0.25, 0.3) is 5.56 Å². The van der Waals surface area contributed by atoms with E-state index in [0.717, 1.165) is 41.0 Å². The SMILES string of the molecule is COc1ccc(Cn2nc(-c3ccc(CNc4nc(-c5c(OC)ncnc5C5CC5)ncc4CO)cc3)ccc2=O)cc1. The standard InChI is InChI=1S/C32H31N7O4/c1-42-25-11-5-21(6-12-25)17-39-27(41)14-13-26(38-39)22-7-3-20(4-8-22)15-33-30-24(18-40)16-34-31(37-30)28-29(23-9-10-23)35-19-36-32(28)43-2/h3-8,11-14,16,19,23,40H,9-10,15,17-18H2,1-2H3,(H,33,34,37). The van der Waals surface area contributed by atoms with Gasteiger partial charge in [-0.15, -0.1) is 0 Å². The first-order chi connectivity index (χ1) is 21.1. The summed E-state index contributed by atoms with van der Waals surface area (Å²) in [6, 6.07) is 18.7. The third-order valence-corrected chi connectivity index (χ3v) is 7.33. The smallest absolute Gasteiger partial charge is 0.267 e. The fourth-order valence-corrected chi connectivity index (χ4v) is 4.81. The van der Waals surface area contributed by atoms with E-state index in [1.807, 2.05) is 48.5 Å². The van der Waals surface area contributed by atoms with Gasteiger partial charge in [-0.3, -0.25) is 4.79 Å². The molecule has 0 saturated heterocycles. The molecule has 11 heteroatoms. The van der Waals surface area contributed by atoms with Crippen molar-refractivity contribution < 1.29 is 14.6 Å². The zero-order valence-corrected chi connectivity index (χ0v) is 23.9. The molecule has 3 aromatic heterocycles. The van der Waals surface area contributed by atoms with Crippen LogP contribution in [0.3, 0.4) is 0 Å². The van der Waals surface area contributed by atoms with Crippen LogP contribution in [-0.4, -0.2) is 49.0 Å². The van der Waals surface area contributed by atoms with Crippen LogP contribution in [0, 0.1) is 0 Å². The van der Waals surface area contributed by atoms with Crippen LogP contribution in [0.1, 0.15) is 41.1 Å². The number of ether oxygens (including phenoxy) is 2. The molecule has 2 N–H and O–H groups in total. The van der Waals surface area contributed by atoms with E-state index in [1.54, 1.807) is 26.5 Å². The number of benzene rings is 2. The molecule has 0 radical (unpaired) electrons. The summed E-state index contributed by atoms with van der Waals surface area (Å²) in [4.78, 5) is 30.5. The van der Waals surface area contributed by atoms with Crippen molar-refractivity contribution in [2.24, 2.45) is 0 Å². The van der Waals surface area contributed by atoms with Gasteiger partial charge in [0, 0.05) is 35.9 Å². The third kappa shape index (κ3) is 6.21. The predicted octanol–water partition coefficient (Wildman–Crippen LogP) is 4.20. The second-order valence-corrected chi connectivity index (χ2v) is 10.3. The van der Waals surface area contributed by atoms with Crippen LogP contribution in [0.25, 0.3) is 22.6 Å². The molecule has 1 saturated carbocycles. The van der Waals surface area contributed by atoms with Crippen LogP contribution < -0.4 is 20.3 Å². The van der Waals surface area contributed by atoms with Crippen molar-refractivity contribution >= 4 is 5.82 Å². The fraction of sp³-hybridized carbons (Fsp3) is 0.250. The number of methoxy groups -OCH3 is 2. The second kappa shape index (κ2) is 12.4. The van der Waals surface area contributed by atoms with Gasteiger partial charge in [0.15, 0.2) is 5.82 Å². The topological polar surface area (TPSA) is 137 Å². The molecule has 1 aliphatic rings. The monoisotopic (exact) mass is 577 g/mol. The highest BCUT2D eigenvalue weighted by Crippen LogP contribution is 2.45. The molecule has 6 rings (SSSR count). The normalized spacial score (nSPS) is 12.6. The van der Waals surface area contributed by atoms with Crippen LogP contribution >= 0.6 is 0 Å². The van der Waals surface area contributed by atoms with Crippen molar-refractivity contribution in [2.45, 2.75) is 38.5 Å². The minimum atomic E-state index is -0.211. The molecule has 0 atom stereocenters. The molecule has 1 fully saturated rings. The number of anilines is 1. The first kappa shape index (κ1) is 28.0. The highest BCUT2D eigenvalue weighted by molar-refractivity contribution is 5.67. The number of nitrogens with zero attached hydrogens (tertiary/aromatic N) is 6. The van der Waals surface area contributed by atoms with E-state index in [-0.39, 0.29) is 12.2 Å². The second-order valence-electron chi connectivity index (χ2n) is 10.3. The van der Waals surface area contributed by atoms with Crippen molar-refractivity contribution in [3.8, 4) is 34.3 Å². The minimum absolute atomic E-state index is 0.173. The van der Waals surface area contributed by atoms with E-state index in [4.69, 9.17) is 14.5 Å². The van der Waals surface area contributed by atoms with Gasteiger partial charge in [-0.25, -0.2) is 24.6 Å². The first-order valence-electron chi connectivity index (χ1n) is 14.0. The summed E-state index contributed by atoms with van der Waals surface area (Å²) in [5.74, 6) is 2.51. The third-order valence-electron chi connectivity index (χ3n) is 7.33. The van der Waals surface area contributed by atoms with Crippen molar-refractivity contribution in [2.75, 3.05) is 19.5 Å². The molecular formula is C32H31N7O4. The summed E-state index contributed by atoms with van der Waals surface area (Å²) in [6.07, 6.45) is 5.24. The molecule has 218 valence electrons. The molecule has 11 nitrogen and oxygen atoms in total. The summed E-state index contributed by atoms with van der Waals surface area (Å²) in [7, 11) is 3.19. The largest absolute Gasteiger partial charge is 0.497 e. The lowest BCUT2D eigenvalue weighted by atomic mass is 10.1. The Morgan fingerprint density at radius 2 is 1.70 bits per heavy atom. The van der Waals surface area contributed by atoms with E-state index in [1.165, 1.54) is 17.1 Å². The van der Waals surface area contributed by atoms with Gasteiger partial charge in [-0.05, 0) is 42.2 Å². The summed E-state index contributed by atoms with van der Waals surface area (Å²) >= 11 is 0. The van der Waals surface area contributed by atoms with Crippen molar-refractivity contribution in [3.05, 3.63) is 106 Å². The molecule has 1 aliphatic carbocycles. The molecule has 0 amide bonds. The van der Waals surface area contributed by atoms with Gasteiger partial charge in [-0.2, -0.15) is 5.10 Å². The number of aliphatic hydroxyl groups excluding tert-OH is 1. The van der Waals surface area contributed by atoms with E-state index >= 15 is 0 Å². The van der Waals surface area contributed by atoms with Crippen molar-refractivity contribution in [1.29, 1.82) is 0 Å². The molecule has 5 aromatic rings. The summed E-state index contributed by atoms with van der Waals surface area (Å²) < 4.78 is 12.2. The summed E-state index contributed by atoms with van der Waals surface area (Å²) in [6.45, 7) is 0.610. The molecular weight excluding hydrogens is 546 g/mol. The van der Waals surface area contributed by atoms with E-state index in [9.17, 15) is 9.90 Å². The van der Waals surface area contributed by atoms with Crippen LogP contribution in [0.15, 0.2) is 78.0 Å². The Balaban J connectivity index is 1.19. The Bertz CT molecular complexity index is 1790. The number of hydrogen-bond acceptors (Lipinski definition) is 10. The molecule has 3 heterocycles. The van der Waals surface area contributed by atoms with E-state index < -0.39 is 0 Å². The average Bonchev–Trinajstić information content (AvgIpc) is 3.91. The van der Waals surface area contributed by atoms with E-state index in [0.29, 0.717) is 53.4 Å². The maximum absolute atomic E-state index is 12.5. The number of aromatic nitrogens is 6. The Morgan fingerprint density at radius 3 is 2.40 bits per heavy atom. The Hall–Kier alpha value is -5.16. The molecule has 2 aromatic carbocycles. The van der Waals surface area contributed by atoms with Gasteiger partial charge >= 0.3 is 0 Å². The zero-order chi connectivity index (χ0) is 29.8. The van der Waals surface area contributed by atoms with Gasteiger partial charge in [0.2, 0.25) is 5.88 Å². The summed E-state index contributed by atoms with van der Waals surface area (Å²) in [5.41, 5.74) is 5.50. The summed E-state index contributed by atoms with van der Waals surface area (Å²) in [5, 5.41) is 17.9. The zero-order valence-electron chi connectivity index (χ0n) is 23.9. The number of aliphatic hydroxyl groups is 1. The highest BCUT2D eigenvalue weighted by atomic mass is 16.5. The molecule has 0 unspecified atom stereocenters. The fourth-order valence-electron chi connectivity index (χ4n) is 4.81. The van der Waals surface area contributed by atoms with Crippen molar-refractivity contribution in [1.82, 2.24) is 29.7 Å². The predicted molar refractivity (Wildman–Crippen MR) is 161 cm³/mol. The van der Waals surface area contributed by atoms with Gasteiger partial charge in [0.05, 0.1) is 38.8 Å².